The molecule has 0 atom stereocenters. The number of aryl methyl sites for hydroxylation is 1. The topological polar surface area (TPSA) is 36.4 Å². The van der Waals surface area contributed by atoms with Crippen LogP contribution in [0.3, 0.4) is 0 Å². The quantitative estimate of drug-likeness (QED) is 0.876. The van der Waals surface area contributed by atoms with E-state index in [9.17, 15) is 0 Å². The number of aliphatic hydroxyl groups is 1. The molecule has 1 aromatic rings. The van der Waals surface area contributed by atoms with Crippen LogP contribution in [0.4, 0.5) is 0 Å². The first kappa shape index (κ1) is 13.0. The zero-order valence-electron chi connectivity index (χ0n) is 10.6. The first-order chi connectivity index (χ1) is 8.28. The maximum absolute atomic E-state index is 8.79. The predicted molar refractivity (Wildman–Crippen MR) is 71.2 cm³/mol. The third kappa shape index (κ3) is 4.05. The standard InChI is InChI=1S/C13H22N2OS/c1-11-4-6-15(7-5-11)9-13-14-12(10-17-13)3-2-8-16/h10-11,16H,2-9H2,1H3. The van der Waals surface area contributed by atoms with Gasteiger partial charge < -0.3 is 5.11 Å². The molecule has 96 valence electrons. The molecule has 0 bridgehead atoms. The van der Waals surface area contributed by atoms with Crippen molar-refractivity contribution in [3.8, 4) is 0 Å². The first-order valence-electron chi connectivity index (χ1n) is 6.54. The summed E-state index contributed by atoms with van der Waals surface area (Å²) in [6.07, 6.45) is 4.37. The summed E-state index contributed by atoms with van der Waals surface area (Å²) in [5.74, 6) is 0.891. The Labute approximate surface area is 107 Å². The summed E-state index contributed by atoms with van der Waals surface area (Å²) >= 11 is 1.76. The fourth-order valence-electron chi connectivity index (χ4n) is 2.21. The van der Waals surface area contributed by atoms with E-state index in [2.05, 4.69) is 22.2 Å². The first-order valence-corrected chi connectivity index (χ1v) is 7.42. The summed E-state index contributed by atoms with van der Waals surface area (Å²) in [5, 5.41) is 12.2. The smallest absolute Gasteiger partial charge is 0.107 e. The highest BCUT2D eigenvalue weighted by atomic mass is 32.1. The zero-order valence-corrected chi connectivity index (χ0v) is 11.4. The highest BCUT2D eigenvalue weighted by Gasteiger charge is 2.16. The van der Waals surface area contributed by atoms with Gasteiger partial charge in [0.15, 0.2) is 0 Å². The molecule has 0 amide bonds. The molecule has 1 fully saturated rings. The Morgan fingerprint density at radius 1 is 1.47 bits per heavy atom. The van der Waals surface area contributed by atoms with Crippen LogP contribution in [-0.4, -0.2) is 34.7 Å². The Morgan fingerprint density at radius 3 is 2.94 bits per heavy atom. The molecule has 3 nitrogen and oxygen atoms in total. The lowest BCUT2D eigenvalue weighted by Crippen LogP contribution is -2.32. The van der Waals surface area contributed by atoms with Crippen molar-refractivity contribution in [2.75, 3.05) is 19.7 Å². The number of hydrogen-bond acceptors (Lipinski definition) is 4. The molecule has 0 aliphatic carbocycles. The lowest BCUT2D eigenvalue weighted by Gasteiger charge is -2.29. The predicted octanol–water partition coefficient (Wildman–Crippen LogP) is 2.30. The highest BCUT2D eigenvalue weighted by Crippen LogP contribution is 2.19. The largest absolute Gasteiger partial charge is 0.396 e. The third-order valence-electron chi connectivity index (χ3n) is 3.43. The summed E-state index contributed by atoms with van der Waals surface area (Å²) in [7, 11) is 0. The van der Waals surface area contributed by atoms with Gasteiger partial charge in [0.25, 0.3) is 0 Å². The maximum Gasteiger partial charge on any atom is 0.107 e. The highest BCUT2D eigenvalue weighted by molar-refractivity contribution is 7.09. The molecule has 17 heavy (non-hydrogen) atoms. The minimum Gasteiger partial charge on any atom is -0.396 e. The van der Waals surface area contributed by atoms with Crippen molar-refractivity contribution in [1.29, 1.82) is 0 Å². The minimum atomic E-state index is 0.261. The molecule has 2 rings (SSSR count). The van der Waals surface area contributed by atoms with E-state index in [1.807, 2.05) is 0 Å². The molecule has 0 unspecified atom stereocenters. The molecule has 0 spiro atoms. The van der Waals surface area contributed by atoms with Crippen molar-refractivity contribution in [3.63, 3.8) is 0 Å². The summed E-state index contributed by atoms with van der Waals surface area (Å²) in [4.78, 5) is 7.14. The van der Waals surface area contributed by atoms with Gasteiger partial charge in [0, 0.05) is 12.0 Å². The normalized spacial score (nSPS) is 18.7. The van der Waals surface area contributed by atoms with E-state index in [1.165, 1.54) is 30.9 Å². The van der Waals surface area contributed by atoms with Crippen LogP contribution >= 0.6 is 11.3 Å². The van der Waals surface area contributed by atoms with Crippen molar-refractivity contribution in [2.45, 2.75) is 39.2 Å². The van der Waals surface area contributed by atoms with E-state index in [4.69, 9.17) is 5.11 Å². The number of aliphatic hydroxyl groups excluding tert-OH is 1. The SMILES string of the molecule is CC1CCN(Cc2nc(CCCO)cs2)CC1. The Balaban J connectivity index is 1.80. The summed E-state index contributed by atoms with van der Waals surface area (Å²) in [6.45, 7) is 6.04. The van der Waals surface area contributed by atoms with Crippen LogP contribution in [0, 0.1) is 5.92 Å². The summed E-state index contributed by atoms with van der Waals surface area (Å²) in [5.41, 5.74) is 1.14. The van der Waals surface area contributed by atoms with Gasteiger partial charge in [-0.05, 0) is 44.7 Å². The van der Waals surface area contributed by atoms with Crippen molar-refractivity contribution in [2.24, 2.45) is 5.92 Å². The average molecular weight is 254 g/mol. The van der Waals surface area contributed by atoms with Gasteiger partial charge in [-0.2, -0.15) is 0 Å². The number of hydrogen-bond donors (Lipinski definition) is 1. The van der Waals surface area contributed by atoms with Crippen LogP contribution in [0.15, 0.2) is 5.38 Å². The van der Waals surface area contributed by atoms with E-state index in [0.29, 0.717) is 0 Å². The second-order valence-electron chi connectivity index (χ2n) is 5.02. The van der Waals surface area contributed by atoms with Gasteiger partial charge in [0.2, 0.25) is 0 Å². The molecule has 2 heterocycles. The van der Waals surface area contributed by atoms with Crippen LogP contribution in [-0.2, 0) is 13.0 Å². The van der Waals surface area contributed by atoms with E-state index >= 15 is 0 Å². The number of nitrogens with zero attached hydrogens (tertiary/aromatic N) is 2. The molecule has 0 radical (unpaired) electrons. The maximum atomic E-state index is 8.79. The van der Waals surface area contributed by atoms with Crippen LogP contribution in [0.25, 0.3) is 0 Å². The molecular weight excluding hydrogens is 232 g/mol. The number of rotatable bonds is 5. The van der Waals surface area contributed by atoms with Gasteiger partial charge in [-0.1, -0.05) is 6.92 Å². The van der Waals surface area contributed by atoms with Crippen molar-refractivity contribution >= 4 is 11.3 Å². The van der Waals surface area contributed by atoms with Crippen LogP contribution in [0.5, 0.6) is 0 Å². The van der Waals surface area contributed by atoms with Crippen molar-refractivity contribution < 1.29 is 5.11 Å². The Hall–Kier alpha value is -0.450. The van der Waals surface area contributed by atoms with Crippen LogP contribution < -0.4 is 0 Å². The van der Waals surface area contributed by atoms with Gasteiger partial charge in [-0.3, -0.25) is 4.90 Å². The van der Waals surface area contributed by atoms with Gasteiger partial charge in [-0.15, -0.1) is 11.3 Å². The molecule has 4 heteroatoms. The van der Waals surface area contributed by atoms with E-state index in [-0.39, 0.29) is 6.61 Å². The summed E-state index contributed by atoms with van der Waals surface area (Å²) < 4.78 is 0. The Bertz CT molecular complexity index is 332. The second-order valence-corrected chi connectivity index (χ2v) is 5.96. The zero-order chi connectivity index (χ0) is 12.1. The van der Waals surface area contributed by atoms with Crippen LogP contribution in [0.2, 0.25) is 0 Å². The lowest BCUT2D eigenvalue weighted by atomic mass is 9.99. The molecule has 1 aliphatic heterocycles. The fraction of sp³-hybridized carbons (Fsp3) is 0.769. The van der Waals surface area contributed by atoms with Crippen molar-refractivity contribution in [3.05, 3.63) is 16.1 Å². The minimum absolute atomic E-state index is 0.261. The van der Waals surface area contributed by atoms with Gasteiger partial charge in [0.05, 0.1) is 12.2 Å². The van der Waals surface area contributed by atoms with Gasteiger partial charge >= 0.3 is 0 Å². The molecule has 0 saturated carbocycles. The molecule has 1 N–H and O–H groups in total. The number of piperidine rings is 1. The molecule has 1 saturated heterocycles. The summed E-state index contributed by atoms with van der Waals surface area (Å²) in [6, 6.07) is 0. The Kier molecular flexibility index (Phi) is 4.95. The molecule has 1 aliphatic rings. The van der Waals surface area contributed by atoms with Gasteiger partial charge in [0.1, 0.15) is 5.01 Å². The number of likely N-dealkylation sites (tertiary alicyclic amines) is 1. The molecule has 1 aromatic heterocycles. The second kappa shape index (κ2) is 6.47. The third-order valence-corrected chi connectivity index (χ3v) is 4.31. The Morgan fingerprint density at radius 2 is 2.24 bits per heavy atom. The van der Waals surface area contributed by atoms with E-state index < -0.39 is 0 Å². The average Bonchev–Trinajstić information content (AvgIpc) is 2.77. The monoisotopic (exact) mass is 254 g/mol. The number of aromatic nitrogens is 1. The van der Waals surface area contributed by atoms with Crippen LogP contribution in [0.1, 0.15) is 36.9 Å². The molecular formula is C13H22N2OS. The number of thiazole rings is 1. The fourth-order valence-corrected chi connectivity index (χ4v) is 3.08. The molecule has 0 aromatic carbocycles. The van der Waals surface area contributed by atoms with Gasteiger partial charge in [-0.25, -0.2) is 4.98 Å². The lowest BCUT2D eigenvalue weighted by molar-refractivity contribution is 0.185. The van der Waals surface area contributed by atoms with E-state index in [1.54, 1.807) is 11.3 Å². The van der Waals surface area contributed by atoms with Crippen molar-refractivity contribution in [1.82, 2.24) is 9.88 Å². The van der Waals surface area contributed by atoms with E-state index in [0.717, 1.165) is 31.0 Å².